The molecular formula is C15H12O2. The lowest BCUT2D eigenvalue weighted by Crippen LogP contribution is -1.82. The van der Waals surface area contributed by atoms with Crippen molar-refractivity contribution >= 4 is 6.08 Å². The zero-order chi connectivity index (χ0) is 12.3. The summed E-state index contributed by atoms with van der Waals surface area (Å²) in [6, 6.07) is 12.2. The number of benzene rings is 2. The van der Waals surface area contributed by atoms with Crippen molar-refractivity contribution in [2.75, 3.05) is 0 Å². The summed E-state index contributed by atoms with van der Waals surface area (Å²) in [6.07, 6.45) is 1.60. The highest BCUT2D eigenvalue weighted by Crippen LogP contribution is 2.37. The molecule has 0 spiro atoms. The Morgan fingerprint density at radius 2 is 1.65 bits per heavy atom. The van der Waals surface area contributed by atoms with Crippen molar-refractivity contribution < 1.29 is 10.2 Å². The van der Waals surface area contributed by atoms with E-state index in [2.05, 4.69) is 12.3 Å². The summed E-state index contributed by atoms with van der Waals surface area (Å²) in [5.41, 5.74) is 4.44. The third kappa shape index (κ3) is 2.07. The van der Waals surface area contributed by atoms with E-state index in [1.807, 2.05) is 12.1 Å². The minimum atomic E-state index is 0.116. The topological polar surface area (TPSA) is 40.5 Å². The Kier molecular flexibility index (Phi) is 2.99. The van der Waals surface area contributed by atoms with Gasteiger partial charge >= 0.3 is 0 Å². The third-order valence-corrected chi connectivity index (χ3v) is 2.52. The maximum absolute atomic E-state index is 10.1. The van der Waals surface area contributed by atoms with Gasteiger partial charge in [0.2, 0.25) is 0 Å². The first-order valence-corrected chi connectivity index (χ1v) is 5.20. The molecule has 0 amide bonds. The quantitative estimate of drug-likeness (QED) is 0.766. The average molecular weight is 224 g/mol. The molecule has 84 valence electrons. The summed E-state index contributed by atoms with van der Waals surface area (Å²) < 4.78 is 0. The zero-order valence-corrected chi connectivity index (χ0v) is 9.22. The second kappa shape index (κ2) is 4.60. The molecule has 0 bridgehead atoms. The van der Waals surface area contributed by atoms with Gasteiger partial charge in [-0.1, -0.05) is 43.0 Å². The van der Waals surface area contributed by atoms with E-state index < -0.39 is 0 Å². The minimum Gasteiger partial charge on any atom is -0.507 e. The minimum absolute atomic E-state index is 0.116. The van der Waals surface area contributed by atoms with Crippen molar-refractivity contribution in [1.29, 1.82) is 0 Å². The standard InChI is InChI=1S/C15H12O2/c1-2-6-11-7-5-9-13(15(11)17)12-8-3-4-10-14(12)16/h3-10,16-17H,1H2. The summed E-state index contributed by atoms with van der Waals surface area (Å²) in [5, 5.41) is 19.8. The van der Waals surface area contributed by atoms with E-state index >= 15 is 0 Å². The van der Waals surface area contributed by atoms with Crippen molar-refractivity contribution in [3.05, 3.63) is 60.3 Å². The van der Waals surface area contributed by atoms with Crippen LogP contribution in [0, 0.1) is 0 Å². The van der Waals surface area contributed by atoms with Crippen LogP contribution < -0.4 is 0 Å². The fraction of sp³-hybridized carbons (Fsp3) is 0. The van der Waals surface area contributed by atoms with E-state index in [9.17, 15) is 10.2 Å². The van der Waals surface area contributed by atoms with Crippen LogP contribution >= 0.6 is 0 Å². The SMILES string of the molecule is C=C=Cc1cccc(-c2ccccc2O)c1O. The Morgan fingerprint density at radius 3 is 2.35 bits per heavy atom. The number of phenolic OH excluding ortho intramolecular Hbond substituents is 2. The molecule has 0 saturated heterocycles. The molecule has 2 rings (SSSR count). The smallest absolute Gasteiger partial charge is 0.131 e. The molecule has 0 radical (unpaired) electrons. The molecule has 0 aliphatic rings. The molecule has 0 heterocycles. The number of hydrogen-bond donors (Lipinski definition) is 2. The lowest BCUT2D eigenvalue weighted by atomic mass is 10.0. The Morgan fingerprint density at radius 1 is 0.941 bits per heavy atom. The van der Waals surface area contributed by atoms with Crippen LogP contribution in [0.4, 0.5) is 0 Å². The highest BCUT2D eigenvalue weighted by Gasteiger charge is 2.10. The number of phenols is 2. The van der Waals surface area contributed by atoms with Crippen LogP contribution in [0.1, 0.15) is 5.56 Å². The number of hydrogen-bond acceptors (Lipinski definition) is 2. The molecule has 0 aliphatic carbocycles. The van der Waals surface area contributed by atoms with E-state index in [0.29, 0.717) is 16.7 Å². The van der Waals surface area contributed by atoms with Gasteiger partial charge in [-0.2, -0.15) is 0 Å². The molecule has 2 nitrogen and oxygen atoms in total. The van der Waals surface area contributed by atoms with Crippen LogP contribution in [0.25, 0.3) is 17.2 Å². The number of rotatable bonds is 2. The monoisotopic (exact) mass is 224 g/mol. The van der Waals surface area contributed by atoms with Gasteiger partial charge in [-0.15, -0.1) is 5.73 Å². The van der Waals surface area contributed by atoms with Crippen molar-refractivity contribution in [2.24, 2.45) is 0 Å². The normalized spacial score (nSPS) is 9.65. The Bertz CT molecular complexity index is 594. The van der Waals surface area contributed by atoms with E-state index in [-0.39, 0.29) is 11.5 Å². The van der Waals surface area contributed by atoms with Crippen molar-refractivity contribution in [3.63, 3.8) is 0 Å². The molecule has 0 fully saturated rings. The highest BCUT2D eigenvalue weighted by molar-refractivity contribution is 5.79. The van der Waals surface area contributed by atoms with Crippen molar-refractivity contribution in [1.82, 2.24) is 0 Å². The van der Waals surface area contributed by atoms with Crippen molar-refractivity contribution in [2.45, 2.75) is 0 Å². The lowest BCUT2D eigenvalue weighted by Gasteiger charge is -2.08. The van der Waals surface area contributed by atoms with E-state index in [1.165, 1.54) is 0 Å². The summed E-state index contributed by atoms with van der Waals surface area (Å²) in [7, 11) is 0. The fourth-order valence-corrected chi connectivity index (χ4v) is 1.71. The summed E-state index contributed by atoms with van der Waals surface area (Å²) in [4.78, 5) is 0. The number of aromatic hydroxyl groups is 2. The molecule has 2 N–H and O–H groups in total. The van der Waals surface area contributed by atoms with Crippen LogP contribution in [0.15, 0.2) is 54.8 Å². The average Bonchev–Trinajstić information content (AvgIpc) is 2.33. The molecule has 17 heavy (non-hydrogen) atoms. The summed E-state index contributed by atoms with van der Waals surface area (Å²) in [5.74, 6) is 0.257. The van der Waals surface area contributed by atoms with Gasteiger partial charge in [0.25, 0.3) is 0 Å². The highest BCUT2D eigenvalue weighted by atomic mass is 16.3. The summed E-state index contributed by atoms with van der Waals surface area (Å²) in [6.45, 7) is 3.48. The molecule has 0 unspecified atom stereocenters. The first-order valence-electron chi connectivity index (χ1n) is 5.20. The molecule has 2 heteroatoms. The second-order valence-electron chi connectivity index (χ2n) is 3.61. The predicted molar refractivity (Wildman–Crippen MR) is 68.8 cm³/mol. The van der Waals surface area contributed by atoms with Gasteiger partial charge in [0, 0.05) is 16.7 Å². The van der Waals surface area contributed by atoms with Crippen LogP contribution in [0.3, 0.4) is 0 Å². The molecule has 0 saturated carbocycles. The van der Waals surface area contributed by atoms with Gasteiger partial charge < -0.3 is 10.2 Å². The largest absolute Gasteiger partial charge is 0.507 e. The van der Waals surface area contributed by atoms with Crippen LogP contribution in [0.5, 0.6) is 11.5 Å². The molecule has 0 atom stereocenters. The Hall–Kier alpha value is -2.44. The van der Waals surface area contributed by atoms with E-state index in [0.717, 1.165) is 0 Å². The van der Waals surface area contributed by atoms with Crippen LogP contribution in [0.2, 0.25) is 0 Å². The first-order chi connectivity index (χ1) is 8.24. The molecular weight excluding hydrogens is 212 g/mol. The third-order valence-electron chi connectivity index (χ3n) is 2.52. The maximum atomic E-state index is 10.1. The van der Waals surface area contributed by atoms with E-state index in [1.54, 1.807) is 36.4 Å². The van der Waals surface area contributed by atoms with Gasteiger partial charge in [-0.05, 0) is 12.1 Å². The predicted octanol–water partition coefficient (Wildman–Crippen LogP) is 3.56. The van der Waals surface area contributed by atoms with Gasteiger partial charge in [0.1, 0.15) is 11.5 Å². The van der Waals surface area contributed by atoms with Crippen molar-refractivity contribution in [3.8, 4) is 22.6 Å². The lowest BCUT2D eigenvalue weighted by molar-refractivity contribution is 0.468. The Balaban J connectivity index is 2.65. The second-order valence-corrected chi connectivity index (χ2v) is 3.61. The molecule has 0 aliphatic heterocycles. The van der Waals surface area contributed by atoms with E-state index in [4.69, 9.17) is 0 Å². The first kappa shape index (κ1) is 11.1. The molecule has 2 aromatic carbocycles. The summed E-state index contributed by atoms with van der Waals surface area (Å²) >= 11 is 0. The molecule has 0 aromatic heterocycles. The number of para-hydroxylation sites is 2. The van der Waals surface area contributed by atoms with Gasteiger partial charge in [-0.3, -0.25) is 0 Å². The fourth-order valence-electron chi connectivity index (χ4n) is 1.71. The van der Waals surface area contributed by atoms with Crippen LogP contribution in [-0.4, -0.2) is 10.2 Å². The van der Waals surface area contributed by atoms with Crippen LogP contribution in [-0.2, 0) is 0 Å². The molecule has 2 aromatic rings. The zero-order valence-electron chi connectivity index (χ0n) is 9.22. The Labute approximate surface area is 99.8 Å². The van der Waals surface area contributed by atoms with Gasteiger partial charge in [0.05, 0.1) is 0 Å². The van der Waals surface area contributed by atoms with Gasteiger partial charge in [-0.25, -0.2) is 0 Å². The van der Waals surface area contributed by atoms with Gasteiger partial charge in [0.15, 0.2) is 0 Å². The maximum Gasteiger partial charge on any atom is 0.131 e.